The molecule has 0 saturated carbocycles. The number of rotatable bonds is 8. The molecule has 34 heavy (non-hydrogen) atoms. The van der Waals surface area contributed by atoms with Crippen LogP contribution in [0.3, 0.4) is 0 Å². The highest BCUT2D eigenvalue weighted by molar-refractivity contribution is 7.07. The van der Waals surface area contributed by atoms with Crippen molar-refractivity contribution in [2.75, 3.05) is 50.0 Å². The predicted octanol–water partition coefficient (Wildman–Crippen LogP) is -0.139. The van der Waals surface area contributed by atoms with Crippen molar-refractivity contribution in [3.63, 3.8) is 0 Å². The van der Waals surface area contributed by atoms with Gasteiger partial charge in [-0.1, -0.05) is 6.07 Å². The number of thiazole rings is 1. The second kappa shape index (κ2) is 12.1. The Balaban J connectivity index is 1.80. The number of hydrogen-bond acceptors (Lipinski definition) is 8. The van der Waals surface area contributed by atoms with E-state index in [0.717, 1.165) is 24.4 Å². The largest absolute Gasteiger partial charge is 0.379 e. The standard InChI is InChI=1S/C23H28N6O4S/c1-3-25-21(31)18(13-24)23-29(4-2)22(32)19(34-23)14-26-16-6-5-7-17(12-16)27-20(30)15-28-8-10-33-11-9-28/h5-7,12,14,26H,3-4,8-11,15H2,1-2H3,(H,25,31)(H,27,30)/b19-14+,23-18-. The van der Waals surface area contributed by atoms with Gasteiger partial charge >= 0.3 is 0 Å². The maximum Gasteiger partial charge on any atom is 0.270 e. The van der Waals surface area contributed by atoms with E-state index < -0.39 is 5.91 Å². The zero-order valence-corrected chi connectivity index (χ0v) is 20.0. The molecule has 3 N–H and O–H groups in total. The third kappa shape index (κ3) is 6.32. The minimum atomic E-state index is -0.506. The van der Waals surface area contributed by atoms with Crippen LogP contribution in [0.4, 0.5) is 11.4 Å². The molecule has 1 aliphatic heterocycles. The fourth-order valence-corrected chi connectivity index (χ4v) is 4.52. The van der Waals surface area contributed by atoms with Gasteiger partial charge in [0.2, 0.25) is 5.91 Å². The molecule has 1 aliphatic rings. The highest BCUT2D eigenvalue weighted by Gasteiger charge is 2.15. The van der Waals surface area contributed by atoms with Gasteiger partial charge in [-0.15, -0.1) is 11.3 Å². The number of hydrogen-bond donors (Lipinski definition) is 3. The Hall–Kier alpha value is -3.46. The van der Waals surface area contributed by atoms with Gasteiger partial charge in [-0.25, -0.2) is 0 Å². The lowest BCUT2D eigenvalue weighted by molar-refractivity contribution is -0.118. The van der Waals surface area contributed by atoms with Crippen LogP contribution in [0.15, 0.2) is 29.1 Å². The lowest BCUT2D eigenvalue weighted by Crippen LogP contribution is -2.41. The van der Waals surface area contributed by atoms with Crippen molar-refractivity contribution in [3.05, 3.63) is 43.8 Å². The molecule has 0 radical (unpaired) electrons. The van der Waals surface area contributed by atoms with Gasteiger partial charge < -0.3 is 20.7 Å². The summed E-state index contributed by atoms with van der Waals surface area (Å²) < 4.78 is 7.39. The summed E-state index contributed by atoms with van der Waals surface area (Å²) in [6.07, 6.45) is 1.55. The topological polar surface area (TPSA) is 128 Å². The van der Waals surface area contributed by atoms with Crippen molar-refractivity contribution in [1.29, 1.82) is 5.26 Å². The van der Waals surface area contributed by atoms with E-state index in [4.69, 9.17) is 4.74 Å². The normalized spacial score (nSPS) is 15.4. The summed E-state index contributed by atoms with van der Waals surface area (Å²) in [6, 6.07) is 9.07. The number of nitrogens with one attached hydrogen (secondary N) is 3. The van der Waals surface area contributed by atoms with Crippen LogP contribution in [0, 0.1) is 11.3 Å². The fourth-order valence-electron chi connectivity index (χ4n) is 3.44. The molecule has 0 atom stereocenters. The van der Waals surface area contributed by atoms with Crippen LogP contribution in [0.5, 0.6) is 0 Å². The first-order valence-corrected chi connectivity index (χ1v) is 11.9. The zero-order chi connectivity index (χ0) is 24.5. The average Bonchev–Trinajstić information content (AvgIpc) is 3.14. The second-order valence-corrected chi connectivity index (χ2v) is 8.50. The molecule has 3 rings (SSSR count). The van der Waals surface area contributed by atoms with Crippen LogP contribution in [0.2, 0.25) is 0 Å². The Morgan fingerprint density at radius 3 is 2.65 bits per heavy atom. The van der Waals surface area contributed by atoms with Crippen molar-refractivity contribution < 1.29 is 14.3 Å². The van der Waals surface area contributed by atoms with Gasteiger partial charge in [0.1, 0.15) is 15.3 Å². The van der Waals surface area contributed by atoms with Crippen molar-refractivity contribution in [2.45, 2.75) is 20.4 Å². The molecule has 0 bridgehead atoms. The Labute approximate surface area is 201 Å². The fraction of sp³-hybridized carbons (Fsp3) is 0.391. The lowest BCUT2D eigenvalue weighted by Gasteiger charge is -2.25. The van der Waals surface area contributed by atoms with Crippen LogP contribution in [-0.2, 0) is 20.9 Å². The first-order chi connectivity index (χ1) is 16.5. The van der Waals surface area contributed by atoms with Gasteiger partial charge in [0.25, 0.3) is 11.5 Å². The van der Waals surface area contributed by atoms with E-state index in [1.807, 2.05) is 17.0 Å². The van der Waals surface area contributed by atoms with Gasteiger partial charge in [-0.05, 0) is 32.0 Å². The highest BCUT2D eigenvalue weighted by atomic mass is 32.1. The van der Waals surface area contributed by atoms with Crippen LogP contribution in [0.1, 0.15) is 13.8 Å². The maximum atomic E-state index is 12.8. The quantitative estimate of drug-likeness (QED) is 0.476. The van der Waals surface area contributed by atoms with E-state index in [1.165, 1.54) is 4.57 Å². The molecule has 2 amide bonds. The molecule has 0 unspecified atom stereocenters. The van der Waals surface area contributed by atoms with Gasteiger partial charge in [0.05, 0.1) is 19.8 Å². The molecule has 0 spiro atoms. The van der Waals surface area contributed by atoms with Crippen LogP contribution in [0.25, 0.3) is 11.8 Å². The molecule has 2 heterocycles. The minimum absolute atomic E-state index is 0.0876. The molecule has 1 saturated heterocycles. The van der Waals surface area contributed by atoms with Gasteiger partial charge in [-0.2, -0.15) is 5.26 Å². The number of benzene rings is 1. The number of morpholine rings is 1. The Morgan fingerprint density at radius 2 is 1.97 bits per heavy atom. The monoisotopic (exact) mass is 484 g/mol. The summed E-state index contributed by atoms with van der Waals surface area (Å²) in [5.74, 6) is -0.616. The molecular weight excluding hydrogens is 456 g/mol. The molecule has 2 aromatic rings. The molecule has 11 heteroatoms. The van der Waals surface area contributed by atoms with Gasteiger partial charge in [-0.3, -0.25) is 23.9 Å². The third-order valence-corrected chi connectivity index (χ3v) is 6.23. The number of ether oxygens (including phenoxy) is 1. The number of anilines is 2. The van der Waals surface area contributed by atoms with Crippen molar-refractivity contribution in [2.24, 2.45) is 0 Å². The first-order valence-electron chi connectivity index (χ1n) is 11.1. The van der Waals surface area contributed by atoms with E-state index in [0.29, 0.717) is 53.4 Å². The SMILES string of the molecule is CCNC(=O)/C(C#N)=c1\s/c(=C/Nc2cccc(NC(=O)CN3CCOCC3)c2)c(=O)n1CC. The molecule has 0 aliphatic carbocycles. The zero-order valence-electron chi connectivity index (χ0n) is 19.2. The van der Waals surface area contributed by atoms with Crippen LogP contribution >= 0.6 is 11.3 Å². The van der Waals surface area contributed by atoms with Gasteiger partial charge in [0, 0.05) is 43.8 Å². The summed E-state index contributed by atoms with van der Waals surface area (Å²) in [5.41, 5.74) is 0.929. The summed E-state index contributed by atoms with van der Waals surface area (Å²) >= 11 is 1.08. The molecule has 1 aromatic carbocycles. The number of carbonyl (C=O) groups is 2. The third-order valence-electron chi connectivity index (χ3n) is 5.10. The summed E-state index contributed by atoms with van der Waals surface area (Å²) in [6.45, 7) is 7.26. The molecule has 1 fully saturated rings. The average molecular weight is 485 g/mol. The van der Waals surface area contributed by atoms with E-state index >= 15 is 0 Å². The molecule has 180 valence electrons. The summed E-state index contributed by atoms with van der Waals surface area (Å²) in [7, 11) is 0. The van der Waals surface area contributed by atoms with Crippen molar-refractivity contribution in [1.82, 2.24) is 14.8 Å². The van der Waals surface area contributed by atoms with Crippen LogP contribution in [-0.4, -0.2) is 60.7 Å². The number of amides is 2. The van der Waals surface area contributed by atoms with Crippen molar-refractivity contribution in [3.8, 4) is 6.07 Å². The Bertz CT molecular complexity index is 1250. The van der Waals surface area contributed by atoms with E-state index in [9.17, 15) is 19.6 Å². The van der Waals surface area contributed by atoms with Crippen molar-refractivity contribution >= 4 is 46.3 Å². The summed E-state index contributed by atoms with van der Waals surface area (Å²) in [5, 5.41) is 18.0. The maximum absolute atomic E-state index is 12.8. The van der Waals surface area contributed by atoms with E-state index in [1.54, 1.807) is 38.2 Å². The van der Waals surface area contributed by atoms with Gasteiger partial charge in [0.15, 0.2) is 5.57 Å². The highest BCUT2D eigenvalue weighted by Crippen LogP contribution is 2.15. The lowest BCUT2D eigenvalue weighted by atomic mass is 10.2. The summed E-state index contributed by atoms with van der Waals surface area (Å²) in [4.78, 5) is 39.5. The number of nitrogens with zero attached hydrogens (tertiary/aromatic N) is 3. The van der Waals surface area contributed by atoms with E-state index in [-0.39, 0.29) is 17.0 Å². The number of aromatic nitrogens is 1. The number of nitriles is 1. The Morgan fingerprint density at radius 1 is 1.24 bits per heavy atom. The van der Waals surface area contributed by atoms with Crippen LogP contribution < -0.4 is 30.7 Å². The molecular formula is C23H28N6O4S. The smallest absolute Gasteiger partial charge is 0.270 e. The van der Waals surface area contributed by atoms with E-state index in [2.05, 4.69) is 16.0 Å². The molecule has 10 nitrogen and oxygen atoms in total. The molecule has 1 aromatic heterocycles. The Kier molecular flexibility index (Phi) is 8.98. The number of carbonyl (C=O) groups excluding carboxylic acids is 2. The first kappa shape index (κ1) is 25.2. The predicted molar refractivity (Wildman–Crippen MR) is 132 cm³/mol. The minimum Gasteiger partial charge on any atom is -0.379 e. The second-order valence-electron chi connectivity index (χ2n) is 7.47.